The summed E-state index contributed by atoms with van der Waals surface area (Å²) in [4.78, 5) is 14.5. The van der Waals surface area contributed by atoms with Gasteiger partial charge in [0.15, 0.2) is 0 Å². The molecule has 0 atom stereocenters. The number of nitrogens with one attached hydrogen (secondary N) is 1. The summed E-state index contributed by atoms with van der Waals surface area (Å²) in [5.41, 5.74) is 1.95. The number of unbranched alkanes of at least 4 members (excludes halogenated alkanes) is 11. The molecule has 0 unspecified atom stereocenters. The quantitative estimate of drug-likeness (QED) is 0.181. The third-order valence-corrected chi connectivity index (χ3v) is 8.81. The van der Waals surface area contributed by atoms with Crippen LogP contribution >= 0.6 is 0 Å². The van der Waals surface area contributed by atoms with E-state index in [4.69, 9.17) is 0 Å². The van der Waals surface area contributed by atoms with E-state index in [9.17, 15) is 4.79 Å². The molecule has 1 fully saturated rings. The Hall–Kier alpha value is -1.29. The van der Waals surface area contributed by atoms with Crippen LogP contribution in [-0.4, -0.2) is 38.5 Å². The molecule has 188 valence electrons. The highest BCUT2D eigenvalue weighted by molar-refractivity contribution is 6.76. The van der Waals surface area contributed by atoms with Crippen molar-refractivity contribution < 1.29 is 4.79 Å². The van der Waals surface area contributed by atoms with Crippen molar-refractivity contribution in [1.82, 2.24) is 4.90 Å². The molecule has 1 aliphatic heterocycles. The zero-order valence-corrected chi connectivity index (χ0v) is 23.1. The van der Waals surface area contributed by atoms with Crippen LogP contribution in [0.15, 0.2) is 24.3 Å². The summed E-state index contributed by atoms with van der Waals surface area (Å²) in [5.74, 6) is 0.193. The van der Waals surface area contributed by atoms with Gasteiger partial charge in [0, 0.05) is 39.0 Å². The summed E-state index contributed by atoms with van der Waals surface area (Å²) >= 11 is 0. The van der Waals surface area contributed by atoms with E-state index >= 15 is 0 Å². The van der Waals surface area contributed by atoms with Crippen molar-refractivity contribution in [2.24, 2.45) is 0 Å². The zero-order valence-electron chi connectivity index (χ0n) is 22.1. The van der Waals surface area contributed by atoms with Gasteiger partial charge in [0.1, 0.15) is 0 Å². The minimum atomic E-state index is -0.806. The molecule has 1 amide bonds. The molecule has 1 aromatic carbocycles. The number of carbonyl (C=O) groups is 1. The Labute approximate surface area is 206 Å². The van der Waals surface area contributed by atoms with Gasteiger partial charge in [-0.15, -0.1) is 0 Å². The standard InChI is InChI=1S/C29H52N2OSi/c1-33(2,3)26-18-13-11-9-7-5-4-6-8-10-12-15-23-30-28-21-19-27(20-22-28)29(32)31-24-16-14-17-25-31/h19-22,30H,4-18,23-26H2,1-3H3. The number of anilines is 1. The van der Waals surface area contributed by atoms with Crippen molar-refractivity contribution >= 4 is 19.7 Å². The van der Waals surface area contributed by atoms with E-state index in [0.717, 1.165) is 43.7 Å². The third kappa shape index (κ3) is 13.2. The fourth-order valence-corrected chi connectivity index (χ4v) is 6.10. The minimum Gasteiger partial charge on any atom is -0.385 e. The smallest absolute Gasteiger partial charge is 0.253 e. The SMILES string of the molecule is C[Si](C)(C)CCCCCCCCCCCCCCNc1ccc(C(=O)N2CCCCC2)cc1. The number of carbonyl (C=O) groups excluding carboxylic acids is 1. The summed E-state index contributed by atoms with van der Waals surface area (Å²) < 4.78 is 0. The molecule has 0 radical (unpaired) electrons. The van der Waals surface area contributed by atoms with Gasteiger partial charge >= 0.3 is 0 Å². The second-order valence-corrected chi connectivity index (χ2v) is 17.0. The predicted molar refractivity (Wildman–Crippen MR) is 148 cm³/mol. The number of amides is 1. The lowest BCUT2D eigenvalue weighted by Gasteiger charge is -2.26. The summed E-state index contributed by atoms with van der Waals surface area (Å²) in [7, 11) is -0.806. The van der Waals surface area contributed by atoms with Crippen LogP contribution in [0.2, 0.25) is 25.7 Å². The van der Waals surface area contributed by atoms with Gasteiger partial charge in [-0.2, -0.15) is 0 Å². The van der Waals surface area contributed by atoms with Gasteiger partial charge < -0.3 is 10.2 Å². The Morgan fingerprint density at radius 2 is 1.21 bits per heavy atom. The topological polar surface area (TPSA) is 32.3 Å². The molecule has 0 aromatic heterocycles. The van der Waals surface area contributed by atoms with E-state index in [-0.39, 0.29) is 5.91 Å². The molecule has 1 heterocycles. The molecule has 2 rings (SSSR count). The van der Waals surface area contributed by atoms with Crippen molar-refractivity contribution in [2.75, 3.05) is 25.0 Å². The Kier molecular flexibility index (Phi) is 13.8. The third-order valence-electron chi connectivity index (χ3n) is 6.96. The van der Waals surface area contributed by atoms with Gasteiger partial charge in [0.25, 0.3) is 5.91 Å². The molecule has 33 heavy (non-hydrogen) atoms. The van der Waals surface area contributed by atoms with Crippen LogP contribution in [0.4, 0.5) is 5.69 Å². The Morgan fingerprint density at radius 3 is 1.73 bits per heavy atom. The minimum absolute atomic E-state index is 0.193. The molecular formula is C29H52N2OSi. The molecule has 0 saturated carbocycles. The van der Waals surface area contributed by atoms with Crippen LogP contribution in [0, 0.1) is 0 Å². The number of hydrogen-bond donors (Lipinski definition) is 1. The summed E-state index contributed by atoms with van der Waals surface area (Å²) in [6, 6.07) is 9.58. The maximum Gasteiger partial charge on any atom is 0.253 e. The number of piperidine rings is 1. The summed E-state index contributed by atoms with van der Waals surface area (Å²) in [5, 5.41) is 3.52. The number of hydrogen-bond acceptors (Lipinski definition) is 2. The molecule has 0 bridgehead atoms. The van der Waals surface area contributed by atoms with Gasteiger partial charge in [-0.05, 0) is 49.9 Å². The van der Waals surface area contributed by atoms with Crippen molar-refractivity contribution in [1.29, 1.82) is 0 Å². The molecule has 0 spiro atoms. The monoisotopic (exact) mass is 472 g/mol. The van der Waals surface area contributed by atoms with Crippen LogP contribution < -0.4 is 5.32 Å². The van der Waals surface area contributed by atoms with Crippen molar-refractivity contribution in [3.8, 4) is 0 Å². The number of rotatable bonds is 17. The molecule has 1 N–H and O–H groups in total. The van der Waals surface area contributed by atoms with Crippen molar-refractivity contribution in [3.63, 3.8) is 0 Å². The Bertz CT molecular complexity index is 632. The molecular weight excluding hydrogens is 420 g/mol. The molecule has 4 heteroatoms. The first-order valence-corrected chi connectivity index (χ1v) is 17.8. The van der Waals surface area contributed by atoms with E-state index in [1.165, 1.54) is 89.5 Å². The lowest BCUT2D eigenvalue weighted by molar-refractivity contribution is 0.0724. The molecule has 0 aliphatic carbocycles. The zero-order chi connectivity index (χ0) is 23.8. The average Bonchev–Trinajstić information content (AvgIpc) is 2.81. The largest absolute Gasteiger partial charge is 0.385 e. The first-order valence-electron chi connectivity index (χ1n) is 14.1. The van der Waals surface area contributed by atoms with E-state index in [0.29, 0.717) is 0 Å². The van der Waals surface area contributed by atoms with Gasteiger partial charge in [-0.1, -0.05) is 96.3 Å². The van der Waals surface area contributed by atoms with E-state index in [2.05, 4.69) is 37.1 Å². The van der Waals surface area contributed by atoms with Crippen LogP contribution in [0.1, 0.15) is 107 Å². The summed E-state index contributed by atoms with van der Waals surface area (Å²) in [6.45, 7) is 10.3. The highest BCUT2D eigenvalue weighted by atomic mass is 28.3. The van der Waals surface area contributed by atoms with Crippen LogP contribution in [-0.2, 0) is 0 Å². The van der Waals surface area contributed by atoms with Gasteiger partial charge in [-0.3, -0.25) is 4.79 Å². The molecule has 1 aromatic rings. The number of nitrogens with zero attached hydrogens (tertiary/aromatic N) is 1. The second kappa shape index (κ2) is 16.4. The second-order valence-electron chi connectivity index (χ2n) is 11.4. The predicted octanol–water partition coefficient (Wildman–Crippen LogP) is 8.74. The fourth-order valence-electron chi connectivity index (χ4n) is 4.79. The maximum absolute atomic E-state index is 12.5. The van der Waals surface area contributed by atoms with E-state index in [1.54, 1.807) is 0 Å². The van der Waals surface area contributed by atoms with E-state index < -0.39 is 8.07 Å². The highest BCUT2D eigenvalue weighted by Crippen LogP contribution is 2.18. The maximum atomic E-state index is 12.5. The Balaban J connectivity index is 1.38. The van der Waals surface area contributed by atoms with Gasteiger partial charge in [-0.25, -0.2) is 0 Å². The van der Waals surface area contributed by atoms with Gasteiger partial charge in [0.05, 0.1) is 0 Å². The lowest BCUT2D eigenvalue weighted by atomic mass is 10.1. The summed E-state index contributed by atoms with van der Waals surface area (Å²) in [6.07, 6.45) is 20.4. The Morgan fingerprint density at radius 1 is 0.727 bits per heavy atom. The first kappa shape index (κ1) is 27.9. The van der Waals surface area contributed by atoms with Crippen LogP contribution in [0.5, 0.6) is 0 Å². The first-order chi connectivity index (χ1) is 16.0. The lowest BCUT2D eigenvalue weighted by Crippen LogP contribution is -2.35. The molecule has 1 aliphatic rings. The highest BCUT2D eigenvalue weighted by Gasteiger charge is 2.17. The number of benzene rings is 1. The van der Waals surface area contributed by atoms with Crippen LogP contribution in [0.25, 0.3) is 0 Å². The average molecular weight is 473 g/mol. The molecule has 1 saturated heterocycles. The van der Waals surface area contributed by atoms with Crippen molar-refractivity contribution in [2.45, 2.75) is 122 Å². The fraction of sp³-hybridized carbons (Fsp3) is 0.759. The van der Waals surface area contributed by atoms with Crippen LogP contribution in [0.3, 0.4) is 0 Å². The normalized spacial score (nSPS) is 14.5. The van der Waals surface area contributed by atoms with Gasteiger partial charge in [0.2, 0.25) is 0 Å². The molecule has 3 nitrogen and oxygen atoms in total. The van der Waals surface area contributed by atoms with E-state index in [1.807, 2.05) is 17.0 Å². The number of likely N-dealkylation sites (tertiary alicyclic amines) is 1. The van der Waals surface area contributed by atoms with Crippen molar-refractivity contribution in [3.05, 3.63) is 29.8 Å².